The number of fused-ring (bicyclic) bond motifs is 1. The average molecular weight is 345 g/mol. The molecule has 0 bridgehead atoms. The zero-order chi connectivity index (χ0) is 18.5. The average Bonchev–Trinajstić information content (AvgIpc) is 3.20. The molecule has 5 heteroatoms. The molecule has 130 valence electrons. The summed E-state index contributed by atoms with van der Waals surface area (Å²) < 4.78 is 1.70. The summed E-state index contributed by atoms with van der Waals surface area (Å²) in [6.07, 6.45) is 2.73. The number of benzene rings is 1. The van der Waals surface area contributed by atoms with Crippen LogP contribution in [0.2, 0.25) is 0 Å². The Hall–Kier alpha value is -3.13. The third-order valence-electron chi connectivity index (χ3n) is 5.79. The van der Waals surface area contributed by atoms with Crippen molar-refractivity contribution in [1.82, 2.24) is 9.55 Å². The molecule has 3 aromatic rings. The smallest absolute Gasteiger partial charge is 0.266 e. The number of nitriles is 1. The van der Waals surface area contributed by atoms with E-state index in [0.29, 0.717) is 17.4 Å². The number of H-pyrrole nitrogens is 1. The molecule has 1 aromatic carbocycles. The van der Waals surface area contributed by atoms with Gasteiger partial charge >= 0.3 is 0 Å². The fourth-order valence-corrected chi connectivity index (χ4v) is 4.06. The van der Waals surface area contributed by atoms with Crippen molar-refractivity contribution in [3.05, 3.63) is 80.5 Å². The van der Waals surface area contributed by atoms with Crippen molar-refractivity contribution in [2.45, 2.75) is 32.2 Å². The minimum atomic E-state index is -0.471. The molecule has 2 aromatic heterocycles. The largest absolute Gasteiger partial charge is 0.321 e. The lowest BCUT2D eigenvalue weighted by molar-refractivity contribution is 0.429. The van der Waals surface area contributed by atoms with Crippen LogP contribution in [0.15, 0.2) is 58.3 Å². The summed E-state index contributed by atoms with van der Waals surface area (Å²) >= 11 is 0. The maximum Gasteiger partial charge on any atom is 0.266 e. The molecule has 0 spiro atoms. The molecule has 1 N–H and O–H groups in total. The quantitative estimate of drug-likeness (QED) is 0.793. The Labute approximate surface area is 150 Å². The first-order valence-electron chi connectivity index (χ1n) is 8.60. The van der Waals surface area contributed by atoms with Crippen LogP contribution in [0, 0.1) is 16.7 Å². The molecular weight excluding hydrogens is 326 g/mol. The highest BCUT2D eigenvalue weighted by Crippen LogP contribution is 2.65. The first-order valence-corrected chi connectivity index (χ1v) is 8.60. The van der Waals surface area contributed by atoms with E-state index in [1.54, 1.807) is 16.8 Å². The Morgan fingerprint density at radius 3 is 2.50 bits per heavy atom. The molecule has 0 aliphatic heterocycles. The lowest BCUT2D eigenvalue weighted by Gasteiger charge is -2.22. The Morgan fingerprint density at radius 2 is 1.88 bits per heavy atom. The van der Waals surface area contributed by atoms with E-state index in [1.807, 2.05) is 24.3 Å². The van der Waals surface area contributed by atoms with Gasteiger partial charge < -0.3 is 9.55 Å². The number of hydrogen-bond donors (Lipinski definition) is 1. The van der Waals surface area contributed by atoms with Gasteiger partial charge in [-0.25, -0.2) is 0 Å². The first-order chi connectivity index (χ1) is 12.4. The molecule has 0 saturated heterocycles. The van der Waals surface area contributed by atoms with Crippen molar-refractivity contribution < 1.29 is 0 Å². The van der Waals surface area contributed by atoms with Crippen LogP contribution in [0.3, 0.4) is 0 Å². The summed E-state index contributed by atoms with van der Waals surface area (Å²) in [5.74, 6) is 0. The summed E-state index contributed by atoms with van der Waals surface area (Å²) in [7, 11) is 0. The van der Waals surface area contributed by atoms with Crippen molar-refractivity contribution in [3.63, 3.8) is 0 Å². The summed E-state index contributed by atoms with van der Waals surface area (Å²) in [6, 6.07) is 15.2. The highest BCUT2D eigenvalue weighted by Gasteiger charge is 2.61. The molecule has 2 heterocycles. The number of nitrogens with zero attached hydrogens (tertiary/aromatic N) is 2. The van der Waals surface area contributed by atoms with Gasteiger partial charge in [-0.2, -0.15) is 5.26 Å². The normalized spacial score (nSPS) is 20.7. The van der Waals surface area contributed by atoms with Crippen LogP contribution in [-0.4, -0.2) is 9.55 Å². The van der Waals surface area contributed by atoms with E-state index >= 15 is 0 Å². The van der Waals surface area contributed by atoms with Gasteiger partial charge in [0.2, 0.25) is 0 Å². The predicted octanol–water partition coefficient (Wildman–Crippen LogP) is 2.93. The van der Waals surface area contributed by atoms with Gasteiger partial charge in [-0.3, -0.25) is 9.59 Å². The highest BCUT2D eigenvalue weighted by atomic mass is 16.1. The summed E-state index contributed by atoms with van der Waals surface area (Å²) in [5, 5.41) is 9.44. The molecule has 4 rings (SSSR count). The van der Waals surface area contributed by atoms with Crippen molar-refractivity contribution >= 4 is 10.9 Å². The van der Waals surface area contributed by atoms with Gasteiger partial charge in [0.25, 0.3) is 11.1 Å². The van der Waals surface area contributed by atoms with E-state index in [-0.39, 0.29) is 22.0 Å². The molecule has 0 radical (unpaired) electrons. The van der Waals surface area contributed by atoms with Gasteiger partial charge in [0, 0.05) is 18.2 Å². The van der Waals surface area contributed by atoms with Crippen molar-refractivity contribution in [2.75, 3.05) is 0 Å². The Kier molecular flexibility index (Phi) is 3.42. The molecule has 1 aliphatic carbocycles. The van der Waals surface area contributed by atoms with Crippen LogP contribution in [0.4, 0.5) is 0 Å². The van der Waals surface area contributed by atoms with Gasteiger partial charge in [0.05, 0.1) is 10.9 Å². The van der Waals surface area contributed by atoms with Crippen LogP contribution < -0.4 is 11.1 Å². The topological polar surface area (TPSA) is 78.7 Å². The fraction of sp³-hybridized carbons (Fsp3) is 0.286. The van der Waals surface area contributed by atoms with Crippen molar-refractivity contribution in [2.24, 2.45) is 5.41 Å². The SMILES string of the molecule is CC1(C)CC1(Cn1ccc2[nH]c(=O)c(C#N)cc2c1=O)c1ccccc1. The second-order valence-electron chi connectivity index (χ2n) is 7.71. The number of nitrogens with one attached hydrogen (secondary N) is 1. The molecule has 26 heavy (non-hydrogen) atoms. The molecular formula is C21H19N3O2. The van der Waals surface area contributed by atoms with E-state index in [2.05, 4.69) is 31.0 Å². The van der Waals surface area contributed by atoms with Crippen LogP contribution >= 0.6 is 0 Å². The molecule has 1 fully saturated rings. The minimum Gasteiger partial charge on any atom is -0.321 e. The predicted molar refractivity (Wildman–Crippen MR) is 100 cm³/mol. The van der Waals surface area contributed by atoms with Crippen molar-refractivity contribution in [1.29, 1.82) is 5.26 Å². The summed E-state index contributed by atoms with van der Waals surface area (Å²) in [4.78, 5) is 27.4. The van der Waals surface area contributed by atoms with E-state index < -0.39 is 5.56 Å². The number of pyridine rings is 2. The monoisotopic (exact) mass is 345 g/mol. The first kappa shape index (κ1) is 16.3. The van der Waals surface area contributed by atoms with Crippen LogP contribution in [0.25, 0.3) is 10.9 Å². The van der Waals surface area contributed by atoms with E-state index in [0.717, 1.165) is 6.42 Å². The Balaban J connectivity index is 1.84. The molecule has 0 amide bonds. The zero-order valence-electron chi connectivity index (χ0n) is 14.7. The van der Waals surface area contributed by atoms with Gasteiger partial charge in [-0.1, -0.05) is 44.2 Å². The van der Waals surface area contributed by atoms with Crippen LogP contribution in [0.1, 0.15) is 31.4 Å². The van der Waals surface area contributed by atoms with Gasteiger partial charge in [0.1, 0.15) is 11.6 Å². The second kappa shape index (κ2) is 5.43. The maximum atomic E-state index is 13.0. The molecule has 1 aliphatic rings. The maximum absolute atomic E-state index is 13.0. The molecule has 1 atom stereocenters. The van der Waals surface area contributed by atoms with Crippen molar-refractivity contribution in [3.8, 4) is 6.07 Å². The van der Waals surface area contributed by atoms with E-state index in [4.69, 9.17) is 5.26 Å². The molecule has 5 nitrogen and oxygen atoms in total. The third-order valence-corrected chi connectivity index (χ3v) is 5.79. The standard InChI is InChI=1S/C21H19N3O2/c1-20(2)12-21(20,15-6-4-3-5-7-15)13-24-9-8-17-16(19(24)26)10-14(11-22)18(25)23-17/h3-10H,12-13H2,1-2H3,(H,23,25). The highest BCUT2D eigenvalue weighted by molar-refractivity contribution is 5.78. The Morgan fingerprint density at radius 1 is 1.19 bits per heavy atom. The van der Waals surface area contributed by atoms with E-state index in [9.17, 15) is 9.59 Å². The molecule has 1 saturated carbocycles. The number of aromatic amines is 1. The summed E-state index contributed by atoms with van der Waals surface area (Å²) in [5.41, 5.74) is 0.999. The number of hydrogen-bond acceptors (Lipinski definition) is 3. The minimum absolute atomic E-state index is 0.0446. The fourth-order valence-electron chi connectivity index (χ4n) is 4.06. The number of aromatic nitrogens is 2. The second-order valence-corrected chi connectivity index (χ2v) is 7.71. The lowest BCUT2D eigenvalue weighted by Crippen LogP contribution is -2.29. The third kappa shape index (κ3) is 2.30. The van der Waals surface area contributed by atoms with Gasteiger partial charge in [-0.05, 0) is 29.5 Å². The zero-order valence-corrected chi connectivity index (χ0v) is 14.7. The van der Waals surface area contributed by atoms with Crippen LogP contribution in [0.5, 0.6) is 0 Å². The lowest BCUT2D eigenvalue weighted by atomic mass is 9.87. The number of rotatable bonds is 3. The summed E-state index contributed by atoms with van der Waals surface area (Å²) in [6.45, 7) is 5.01. The Bertz CT molecular complexity index is 1170. The molecule has 1 unspecified atom stereocenters. The van der Waals surface area contributed by atoms with Crippen LogP contribution in [-0.2, 0) is 12.0 Å². The van der Waals surface area contributed by atoms with E-state index in [1.165, 1.54) is 11.6 Å². The van der Waals surface area contributed by atoms with Gasteiger partial charge in [-0.15, -0.1) is 0 Å². The van der Waals surface area contributed by atoms with Gasteiger partial charge in [0.15, 0.2) is 0 Å².